The molecule has 100 valence electrons. The van der Waals surface area contributed by atoms with Gasteiger partial charge in [0, 0.05) is 35.7 Å². The molecule has 1 aromatic rings. The Hall–Kier alpha value is -0.590. The second-order valence-corrected chi connectivity index (χ2v) is 7.31. The zero-order valence-electron chi connectivity index (χ0n) is 10.1. The quantitative estimate of drug-likeness (QED) is 0.923. The largest absolute Gasteiger partial charge is 0.381 e. The zero-order valence-corrected chi connectivity index (χ0v) is 12.6. The number of sulfone groups is 1. The average Bonchev–Trinajstić information content (AvgIpc) is 2.32. The van der Waals surface area contributed by atoms with E-state index in [1.54, 1.807) is 18.2 Å². The Morgan fingerprint density at radius 1 is 1.33 bits per heavy atom. The van der Waals surface area contributed by atoms with Crippen molar-refractivity contribution in [1.82, 2.24) is 0 Å². The third-order valence-electron chi connectivity index (χ3n) is 2.95. The van der Waals surface area contributed by atoms with Gasteiger partial charge in [0.15, 0.2) is 9.84 Å². The Balaban J connectivity index is 2.21. The smallest absolute Gasteiger partial charge is 0.175 e. The van der Waals surface area contributed by atoms with Crippen molar-refractivity contribution in [2.24, 2.45) is 0 Å². The molecular formula is C12H16BrNO3S. The number of nitrogens with one attached hydrogen (secondary N) is 1. The molecule has 1 N–H and O–H groups in total. The Morgan fingerprint density at radius 3 is 2.61 bits per heavy atom. The third-order valence-corrected chi connectivity index (χ3v) is 4.75. The van der Waals surface area contributed by atoms with Crippen molar-refractivity contribution in [3.05, 3.63) is 22.7 Å². The maximum Gasteiger partial charge on any atom is 0.175 e. The highest BCUT2D eigenvalue weighted by Gasteiger charge is 2.16. The van der Waals surface area contributed by atoms with Gasteiger partial charge in [-0.05, 0) is 47.0 Å². The molecule has 1 saturated heterocycles. The van der Waals surface area contributed by atoms with Crippen molar-refractivity contribution in [3.8, 4) is 0 Å². The maximum absolute atomic E-state index is 11.5. The SMILES string of the molecule is CS(=O)(=O)c1ccc(Br)c(NC2CCOCC2)c1. The first-order valence-corrected chi connectivity index (χ1v) is 8.49. The molecule has 0 aromatic heterocycles. The lowest BCUT2D eigenvalue weighted by atomic mass is 10.1. The van der Waals surface area contributed by atoms with Gasteiger partial charge in [-0.1, -0.05) is 0 Å². The van der Waals surface area contributed by atoms with Gasteiger partial charge in [0.05, 0.1) is 4.90 Å². The molecule has 0 saturated carbocycles. The van der Waals surface area contributed by atoms with E-state index in [2.05, 4.69) is 21.2 Å². The highest BCUT2D eigenvalue weighted by Crippen LogP contribution is 2.27. The van der Waals surface area contributed by atoms with Gasteiger partial charge in [0.25, 0.3) is 0 Å². The van der Waals surface area contributed by atoms with Gasteiger partial charge < -0.3 is 10.1 Å². The van der Waals surface area contributed by atoms with Crippen LogP contribution < -0.4 is 5.32 Å². The van der Waals surface area contributed by atoms with E-state index < -0.39 is 9.84 Å². The molecule has 0 amide bonds. The first-order chi connectivity index (χ1) is 8.47. The molecule has 1 aliphatic heterocycles. The lowest BCUT2D eigenvalue weighted by Gasteiger charge is -2.24. The Labute approximate surface area is 116 Å². The monoisotopic (exact) mass is 333 g/mol. The van der Waals surface area contributed by atoms with E-state index in [-0.39, 0.29) is 0 Å². The molecule has 0 atom stereocenters. The Morgan fingerprint density at radius 2 is 2.00 bits per heavy atom. The molecule has 0 aliphatic carbocycles. The molecule has 0 unspecified atom stereocenters. The van der Waals surface area contributed by atoms with Crippen LogP contribution in [0.2, 0.25) is 0 Å². The minimum absolute atomic E-state index is 0.334. The molecule has 2 rings (SSSR count). The van der Waals surface area contributed by atoms with Crippen LogP contribution in [0.25, 0.3) is 0 Å². The first kappa shape index (κ1) is 13.8. The molecule has 1 fully saturated rings. The fourth-order valence-corrected chi connectivity index (χ4v) is 2.92. The van der Waals surface area contributed by atoms with Gasteiger partial charge in [0.2, 0.25) is 0 Å². The summed E-state index contributed by atoms with van der Waals surface area (Å²) in [5, 5.41) is 3.37. The van der Waals surface area contributed by atoms with Crippen molar-refractivity contribution in [3.63, 3.8) is 0 Å². The van der Waals surface area contributed by atoms with Gasteiger partial charge in [-0.3, -0.25) is 0 Å². The number of rotatable bonds is 3. The highest BCUT2D eigenvalue weighted by atomic mass is 79.9. The predicted molar refractivity (Wildman–Crippen MR) is 74.7 cm³/mol. The first-order valence-electron chi connectivity index (χ1n) is 5.81. The molecule has 4 nitrogen and oxygen atoms in total. The molecule has 18 heavy (non-hydrogen) atoms. The van der Waals surface area contributed by atoms with E-state index in [0.29, 0.717) is 10.9 Å². The predicted octanol–water partition coefficient (Wildman–Crippen LogP) is 2.44. The van der Waals surface area contributed by atoms with Gasteiger partial charge in [-0.2, -0.15) is 0 Å². The summed E-state index contributed by atoms with van der Waals surface area (Å²) in [6.45, 7) is 1.50. The number of halogens is 1. The second kappa shape index (κ2) is 5.59. The minimum atomic E-state index is -3.17. The van der Waals surface area contributed by atoms with E-state index in [1.807, 2.05) is 0 Å². The van der Waals surface area contributed by atoms with Crippen LogP contribution in [0, 0.1) is 0 Å². The number of benzene rings is 1. The number of anilines is 1. The van der Waals surface area contributed by atoms with Crippen LogP contribution >= 0.6 is 15.9 Å². The van der Waals surface area contributed by atoms with Crippen LogP contribution in [-0.4, -0.2) is 33.9 Å². The topological polar surface area (TPSA) is 55.4 Å². The molecule has 1 aromatic carbocycles. The van der Waals surface area contributed by atoms with Crippen LogP contribution in [-0.2, 0) is 14.6 Å². The summed E-state index contributed by atoms with van der Waals surface area (Å²) in [4.78, 5) is 0.334. The molecule has 1 aliphatic rings. The van der Waals surface area contributed by atoms with Crippen LogP contribution in [0.1, 0.15) is 12.8 Å². The summed E-state index contributed by atoms with van der Waals surface area (Å²) in [5.41, 5.74) is 0.824. The van der Waals surface area contributed by atoms with E-state index >= 15 is 0 Å². The van der Waals surface area contributed by atoms with Crippen molar-refractivity contribution >= 4 is 31.5 Å². The second-order valence-electron chi connectivity index (χ2n) is 4.44. The van der Waals surface area contributed by atoms with Gasteiger partial charge >= 0.3 is 0 Å². The van der Waals surface area contributed by atoms with E-state index in [0.717, 1.165) is 36.2 Å². The standard InChI is InChI=1S/C12H16BrNO3S/c1-18(15,16)10-2-3-11(13)12(8-10)14-9-4-6-17-7-5-9/h2-3,8-9,14H,4-7H2,1H3. The van der Waals surface area contributed by atoms with E-state index in [1.165, 1.54) is 6.26 Å². The lowest BCUT2D eigenvalue weighted by molar-refractivity contribution is 0.0904. The summed E-state index contributed by atoms with van der Waals surface area (Å²) < 4.78 is 29.2. The van der Waals surface area contributed by atoms with Crippen LogP contribution in [0.3, 0.4) is 0 Å². The molecule has 0 radical (unpaired) electrons. The number of hydrogen-bond acceptors (Lipinski definition) is 4. The Bertz CT molecular complexity index is 524. The van der Waals surface area contributed by atoms with Crippen LogP contribution in [0.5, 0.6) is 0 Å². The van der Waals surface area contributed by atoms with Crippen molar-refractivity contribution in [2.45, 2.75) is 23.8 Å². The molecule has 0 bridgehead atoms. The number of hydrogen-bond donors (Lipinski definition) is 1. The van der Waals surface area contributed by atoms with Crippen molar-refractivity contribution < 1.29 is 13.2 Å². The summed E-state index contributed by atoms with van der Waals surface area (Å²) in [7, 11) is -3.17. The van der Waals surface area contributed by atoms with Gasteiger partial charge in [-0.15, -0.1) is 0 Å². The summed E-state index contributed by atoms with van der Waals surface area (Å²) >= 11 is 3.44. The average molecular weight is 334 g/mol. The van der Waals surface area contributed by atoms with Crippen molar-refractivity contribution in [1.29, 1.82) is 0 Å². The van der Waals surface area contributed by atoms with E-state index in [4.69, 9.17) is 4.74 Å². The third kappa shape index (κ3) is 3.46. The normalized spacial score (nSPS) is 17.7. The van der Waals surface area contributed by atoms with Crippen LogP contribution in [0.4, 0.5) is 5.69 Å². The highest BCUT2D eigenvalue weighted by molar-refractivity contribution is 9.10. The molecule has 6 heteroatoms. The Kier molecular flexibility index (Phi) is 4.29. The van der Waals surface area contributed by atoms with E-state index in [9.17, 15) is 8.42 Å². The lowest BCUT2D eigenvalue weighted by Crippen LogP contribution is -2.28. The van der Waals surface area contributed by atoms with Gasteiger partial charge in [-0.25, -0.2) is 8.42 Å². The molecular weight excluding hydrogens is 318 g/mol. The fraction of sp³-hybridized carbons (Fsp3) is 0.500. The molecule has 0 spiro atoms. The summed E-state index contributed by atoms with van der Waals surface area (Å²) in [5.74, 6) is 0. The molecule has 1 heterocycles. The summed E-state index contributed by atoms with van der Waals surface area (Å²) in [6, 6.07) is 5.38. The summed E-state index contributed by atoms with van der Waals surface area (Å²) in [6.07, 6.45) is 3.10. The van der Waals surface area contributed by atoms with Crippen LogP contribution in [0.15, 0.2) is 27.6 Å². The fourth-order valence-electron chi connectivity index (χ4n) is 1.91. The van der Waals surface area contributed by atoms with Gasteiger partial charge in [0.1, 0.15) is 0 Å². The zero-order chi connectivity index (χ0) is 13.2. The minimum Gasteiger partial charge on any atom is -0.381 e. The maximum atomic E-state index is 11.5. The number of ether oxygens (including phenoxy) is 1. The van der Waals surface area contributed by atoms with Crippen molar-refractivity contribution in [2.75, 3.05) is 24.8 Å².